The first-order valence-corrected chi connectivity index (χ1v) is 5.14. The van der Waals surface area contributed by atoms with Crippen molar-refractivity contribution >= 4 is 13.9 Å². The molecule has 5 heteroatoms. The van der Waals surface area contributed by atoms with Crippen molar-refractivity contribution in [3.63, 3.8) is 0 Å². The smallest absolute Gasteiger partial charge is 0.361 e. The average molecular weight is 198 g/mol. The molecule has 0 aliphatic carbocycles. The maximum atomic E-state index is 10.5. The summed E-state index contributed by atoms with van der Waals surface area (Å²) in [5, 5.41) is 0. The summed E-state index contributed by atoms with van der Waals surface area (Å²) in [6, 6.07) is 9.25. The average Bonchev–Trinajstić information content (AvgIpc) is 2.03. The highest BCUT2D eigenvalue weighted by Gasteiger charge is 2.39. The van der Waals surface area contributed by atoms with E-state index in [1.165, 1.54) is 0 Å². The minimum Gasteiger partial charge on any atom is -0.361 e. The van der Waals surface area contributed by atoms with Crippen LogP contribution in [0.1, 0.15) is 5.56 Å². The van der Waals surface area contributed by atoms with Gasteiger partial charge in [-0.15, -0.1) is 0 Å². The summed E-state index contributed by atoms with van der Waals surface area (Å²) in [6.45, 7) is 0. The lowest BCUT2D eigenvalue weighted by atomic mass is 10.2. The van der Waals surface area contributed by atoms with Gasteiger partial charge in [-0.25, -0.2) is 4.57 Å². The molecule has 13 heavy (non-hydrogen) atoms. The first-order chi connectivity index (χ1) is 6.16. The Balaban J connectivity index is 2.12. The molecule has 0 bridgehead atoms. The van der Waals surface area contributed by atoms with Gasteiger partial charge < -0.3 is 9.05 Å². The third kappa shape index (κ3) is 1.91. The Hall–Kier alpha value is -1.25. The monoisotopic (exact) mass is 198 g/mol. The summed E-state index contributed by atoms with van der Waals surface area (Å²) < 4.78 is 19.5. The van der Waals surface area contributed by atoms with Crippen LogP contribution >= 0.6 is 7.82 Å². The Bertz CT molecular complexity index is 372. The quantitative estimate of drug-likeness (QED) is 0.702. The second kappa shape index (κ2) is 2.91. The normalized spacial score (nSPS) is 25.5. The van der Waals surface area contributed by atoms with Crippen LogP contribution in [-0.4, -0.2) is 4.89 Å². The highest BCUT2D eigenvalue weighted by molar-refractivity contribution is 7.48. The fourth-order valence-electron chi connectivity index (χ4n) is 0.972. The molecule has 1 N–H and O–H groups in total. The van der Waals surface area contributed by atoms with Crippen molar-refractivity contribution in [2.45, 2.75) is 0 Å². The van der Waals surface area contributed by atoms with Crippen LogP contribution in [0.4, 0.5) is 0 Å². The molecule has 2 rings (SSSR count). The van der Waals surface area contributed by atoms with Crippen LogP contribution in [0.2, 0.25) is 0 Å². The van der Waals surface area contributed by atoms with E-state index >= 15 is 0 Å². The van der Waals surface area contributed by atoms with Gasteiger partial charge >= 0.3 is 7.82 Å². The molecular formula is C8H7O4P. The largest absolute Gasteiger partial charge is 0.589 e. The molecule has 4 nitrogen and oxygen atoms in total. The van der Waals surface area contributed by atoms with Gasteiger partial charge in [0.2, 0.25) is 0 Å². The Kier molecular flexibility index (Phi) is 1.87. The van der Waals surface area contributed by atoms with Gasteiger partial charge in [-0.2, -0.15) is 0 Å². The van der Waals surface area contributed by atoms with E-state index in [0.717, 1.165) is 5.56 Å². The molecule has 1 fully saturated rings. The van der Waals surface area contributed by atoms with Crippen molar-refractivity contribution in [2.24, 2.45) is 0 Å². The van der Waals surface area contributed by atoms with Crippen molar-refractivity contribution in [2.75, 3.05) is 0 Å². The van der Waals surface area contributed by atoms with E-state index in [1.807, 2.05) is 30.3 Å². The molecule has 68 valence electrons. The van der Waals surface area contributed by atoms with Crippen molar-refractivity contribution in [1.82, 2.24) is 0 Å². The number of benzene rings is 1. The Morgan fingerprint density at radius 1 is 1.23 bits per heavy atom. The highest BCUT2D eigenvalue weighted by atomic mass is 31.2. The van der Waals surface area contributed by atoms with E-state index < -0.39 is 7.82 Å². The fraction of sp³-hybridized carbons (Fsp3) is 0. The van der Waals surface area contributed by atoms with E-state index in [0.29, 0.717) is 0 Å². The van der Waals surface area contributed by atoms with Crippen LogP contribution < -0.4 is 0 Å². The maximum Gasteiger partial charge on any atom is 0.589 e. The van der Waals surface area contributed by atoms with Crippen molar-refractivity contribution in [3.05, 3.63) is 41.8 Å². The van der Waals surface area contributed by atoms with E-state index in [4.69, 9.17) is 4.89 Å². The molecule has 0 radical (unpaired) electrons. The standard InChI is InChI=1S/C8H7O4P/c9-13(10)11-8(12-13)6-7-4-2-1-3-5-7/h1-6H,(H,9,10). The van der Waals surface area contributed by atoms with Crippen molar-refractivity contribution in [3.8, 4) is 0 Å². The molecule has 0 amide bonds. The molecule has 1 aromatic rings. The molecular weight excluding hydrogens is 191 g/mol. The molecule has 0 spiro atoms. The van der Waals surface area contributed by atoms with Crippen LogP contribution in [0.25, 0.3) is 6.08 Å². The van der Waals surface area contributed by atoms with Gasteiger partial charge in [0.05, 0.1) is 0 Å². The number of hydrogen-bond acceptors (Lipinski definition) is 3. The van der Waals surface area contributed by atoms with E-state index in [-0.39, 0.29) is 5.95 Å². The molecule has 0 atom stereocenters. The van der Waals surface area contributed by atoms with Crippen LogP contribution in [0.5, 0.6) is 0 Å². The summed E-state index contributed by atoms with van der Waals surface area (Å²) in [6.07, 6.45) is 1.55. The van der Waals surface area contributed by atoms with Gasteiger partial charge in [0.25, 0.3) is 5.95 Å². The predicted octanol–water partition coefficient (Wildman–Crippen LogP) is 2.13. The third-order valence-corrected chi connectivity index (χ3v) is 2.32. The minimum atomic E-state index is -3.73. The number of phosphoric acid groups is 1. The minimum absolute atomic E-state index is 0.0806. The summed E-state index contributed by atoms with van der Waals surface area (Å²) >= 11 is 0. The zero-order chi connectivity index (χ0) is 9.31. The Labute approximate surface area is 75.0 Å². The van der Waals surface area contributed by atoms with Crippen LogP contribution in [-0.2, 0) is 13.6 Å². The summed E-state index contributed by atoms with van der Waals surface area (Å²) in [7, 11) is -3.73. The summed E-state index contributed by atoms with van der Waals surface area (Å²) in [5.41, 5.74) is 0.859. The predicted molar refractivity (Wildman–Crippen MR) is 46.4 cm³/mol. The lowest BCUT2D eigenvalue weighted by molar-refractivity contribution is 0.0638. The van der Waals surface area contributed by atoms with E-state index in [9.17, 15) is 4.57 Å². The number of rotatable bonds is 1. The Morgan fingerprint density at radius 3 is 2.38 bits per heavy atom. The highest BCUT2D eigenvalue weighted by Crippen LogP contribution is 2.58. The molecule has 1 heterocycles. The zero-order valence-corrected chi connectivity index (χ0v) is 7.48. The van der Waals surface area contributed by atoms with Gasteiger partial charge in [-0.1, -0.05) is 30.3 Å². The van der Waals surface area contributed by atoms with Crippen LogP contribution in [0.3, 0.4) is 0 Å². The molecule has 1 aliphatic heterocycles. The van der Waals surface area contributed by atoms with E-state index in [1.54, 1.807) is 6.08 Å². The van der Waals surface area contributed by atoms with Crippen LogP contribution in [0.15, 0.2) is 36.3 Å². The van der Waals surface area contributed by atoms with Crippen LogP contribution in [0, 0.1) is 0 Å². The number of phosphoric ester groups is 1. The SMILES string of the molecule is O=P1(O)OC(=Cc2ccccc2)O1. The second-order valence-corrected chi connectivity index (χ2v) is 3.83. The van der Waals surface area contributed by atoms with Gasteiger partial charge in [0.15, 0.2) is 0 Å². The van der Waals surface area contributed by atoms with Gasteiger partial charge in [-0.05, 0) is 5.56 Å². The van der Waals surface area contributed by atoms with Crippen molar-refractivity contribution in [1.29, 1.82) is 0 Å². The van der Waals surface area contributed by atoms with Gasteiger partial charge in [0, 0.05) is 6.08 Å². The molecule has 0 unspecified atom stereocenters. The Morgan fingerprint density at radius 2 is 1.85 bits per heavy atom. The molecule has 0 aromatic heterocycles. The molecule has 1 saturated heterocycles. The fourth-order valence-corrected chi connectivity index (χ4v) is 1.55. The maximum absolute atomic E-state index is 10.5. The van der Waals surface area contributed by atoms with Gasteiger partial charge in [0.1, 0.15) is 0 Å². The summed E-state index contributed by atoms with van der Waals surface area (Å²) in [5.74, 6) is 0.0806. The lowest BCUT2D eigenvalue weighted by Crippen LogP contribution is -2.06. The van der Waals surface area contributed by atoms with E-state index in [2.05, 4.69) is 9.05 Å². The topological polar surface area (TPSA) is 55.8 Å². The van der Waals surface area contributed by atoms with Crippen molar-refractivity contribution < 1.29 is 18.5 Å². The first-order valence-electron chi connectivity index (χ1n) is 3.64. The lowest BCUT2D eigenvalue weighted by Gasteiger charge is -2.23. The second-order valence-electron chi connectivity index (χ2n) is 2.53. The number of hydrogen-bond donors (Lipinski definition) is 1. The molecule has 1 aliphatic rings. The van der Waals surface area contributed by atoms with Gasteiger partial charge in [-0.3, -0.25) is 4.89 Å². The molecule has 0 saturated carbocycles. The summed E-state index contributed by atoms with van der Waals surface area (Å²) in [4.78, 5) is 8.63. The molecule has 1 aromatic carbocycles. The zero-order valence-electron chi connectivity index (χ0n) is 6.58. The third-order valence-electron chi connectivity index (χ3n) is 1.49. The first kappa shape index (κ1) is 8.35.